The summed E-state index contributed by atoms with van der Waals surface area (Å²) in [6, 6.07) is 13.8. The van der Waals surface area contributed by atoms with E-state index >= 15 is 0 Å². The Hall–Kier alpha value is -1.15. The van der Waals surface area contributed by atoms with Gasteiger partial charge in [-0.15, -0.1) is 0 Å². The Kier molecular flexibility index (Phi) is 3.93. The zero-order valence-electron chi connectivity index (χ0n) is 11.6. The van der Waals surface area contributed by atoms with Gasteiger partial charge in [-0.2, -0.15) is 0 Å². The molecular weight excluding hydrogens is 315 g/mol. The summed E-state index contributed by atoms with van der Waals surface area (Å²) in [6.45, 7) is 2.00. The Balaban J connectivity index is 1.83. The predicted octanol–water partition coefficient (Wildman–Crippen LogP) is 5.38. The Morgan fingerprint density at radius 1 is 1.20 bits per heavy atom. The van der Waals surface area contributed by atoms with Crippen molar-refractivity contribution < 1.29 is 4.39 Å². The van der Waals surface area contributed by atoms with E-state index in [1.807, 2.05) is 13.0 Å². The molecular formula is C18H18BrF. The Labute approximate surface area is 128 Å². The maximum Gasteiger partial charge on any atom is 0.123 e. The number of hydrogen-bond donors (Lipinski definition) is 0. The van der Waals surface area contributed by atoms with Gasteiger partial charge in [0.2, 0.25) is 0 Å². The van der Waals surface area contributed by atoms with Crippen LogP contribution in [0.2, 0.25) is 0 Å². The molecule has 104 valence electrons. The minimum Gasteiger partial charge on any atom is -0.207 e. The number of rotatable bonds is 2. The molecule has 0 heterocycles. The van der Waals surface area contributed by atoms with Gasteiger partial charge in [-0.3, -0.25) is 0 Å². The van der Waals surface area contributed by atoms with Crippen LogP contribution < -0.4 is 0 Å². The summed E-state index contributed by atoms with van der Waals surface area (Å²) in [5, 5.41) is 0. The van der Waals surface area contributed by atoms with Gasteiger partial charge in [-0.05, 0) is 66.5 Å². The van der Waals surface area contributed by atoms with Gasteiger partial charge in [0.05, 0.1) is 0 Å². The maximum absolute atomic E-state index is 13.2. The molecule has 0 spiro atoms. The van der Waals surface area contributed by atoms with E-state index in [2.05, 4.69) is 40.2 Å². The lowest BCUT2D eigenvalue weighted by molar-refractivity contribution is 0.451. The highest BCUT2D eigenvalue weighted by Gasteiger charge is 2.27. The van der Waals surface area contributed by atoms with E-state index in [9.17, 15) is 4.39 Å². The third-order valence-electron chi connectivity index (χ3n) is 4.34. The highest BCUT2D eigenvalue weighted by molar-refractivity contribution is 9.09. The van der Waals surface area contributed by atoms with Crippen molar-refractivity contribution in [3.8, 4) is 0 Å². The van der Waals surface area contributed by atoms with Crippen LogP contribution in [0.5, 0.6) is 0 Å². The van der Waals surface area contributed by atoms with E-state index in [1.54, 1.807) is 12.1 Å². The molecule has 1 aliphatic rings. The smallest absolute Gasteiger partial charge is 0.123 e. The molecule has 2 aromatic carbocycles. The van der Waals surface area contributed by atoms with Crippen LogP contribution in [0, 0.1) is 18.7 Å². The van der Waals surface area contributed by atoms with Crippen molar-refractivity contribution in [1.29, 1.82) is 0 Å². The van der Waals surface area contributed by atoms with Crippen molar-refractivity contribution in [3.05, 3.63) is 70.5 Å². The first kappa shape index (κ1) is 13.8. The fourth-order valence-electron chi connectivity index (χ4n) is 3.15. The number of fused-ring (bicyclic) bond motifs is 1. The molecule has 0 amide bonds. The fraction of sp³-hybridized carbons (Fsp3) is 0.333. The average molecular weight is 333 g/mol. The molecule has 0 fully saturated rings. The molecule has 20 heavy (non-hydrogen) atoms. The highest BCUT2D eigenvalue weighted by atomic mass is 79.9. The summed E-state index contributed by atoms with van der Waals surface area (Å²) in [5.41, 5.74) is 5.20. The van der Waals surface area contributed by atoms with E-state index in [4.69, 9.17) is 0 Å². The van der Waals surface area contributed by atoms with Gasteiger partial charge in [-0.25, -0.2) is 4.39 Å². The molecule has 0 bridgehead atoms. The van der Waals surface area contributed by atoms with E-state index < -0.39 is 0 Å². The third kappa shape index (κ3) is 2.67. The fourth-order valence-corrected chi connectivity index (χ4v) is 4.05. The molecule has 0 N–H and O–H groups in total. The number of benzene rings is 2. The number of alkyl halides is 1. The minimum absolute atomic E-state index is 0.143. The van der Waals surface area contributed by atoms with Gasteiger partial charge in [0, 0.05) is 4.83 Å². The topological polar surface area (TPSA) is 0 Å². The SMILES string of the molecule is Cc1cc(F)ccc1CC1CCc2ccccc2C1Br. The van der Waals surface area contributed by atoms with Gasteiger partial charge in [0.25, 0.3) is 0 Å². The molecule has 2 atom stereocenters. The number of aryl methyl sites for hydroxylation is 2. The summed E-state index contributed by atoms with van der Waals surface area (Å²) in [7, 11) is 0. The summed E-state index contributed by atoms with van der Waals surface area (Å²) >= 11 is 3.88. The monoisotopic (exact) mass is 332 g/mol. The van der Waals surface area contributed by atoms with Gasteiger partial charge in [0.1, 0.15) is 5.82 Å². The maximum atomic E-state index is 13.2. The quantitative estimate of drug-likeness (QED) is 0.648. The zero-order valence-corrected chi connectivity index (χ0v) is 13.2. The van der Waals surface area contributed by atoms with Crippen molar-refractivity contribution in [1.82, 2.24) is 0 Å². The van der Waals surface area contributed by atoms with Gasteiger partial charge in [-0.1, -0.05) is 46.3 Å². The van der Waals surface area contributed by atoms with Crippen LogP contribution in [0.15, 0.2) is 42.5 Å². The van der Waals surface area contributed by atoms with E-state index in [0.717, 1.165) is 18.4 Å². The molecule has 2 unspecified atom stereocenters. The lowest BCUT2D eigenvalue weighted by Crippen LogP contribution is -2.19. The summed E-state index contributed by atoms with van der Waals surface area (Å²) < 4.78 is 13.2. The van der Waals surface area contributed by atoms with Crippen LogP contribution in [0.1, 0.15) is 33.5 Å². The minimum atomic E-state index is -0.143. The molecule has 0 nitrogen and oxygen atoms in total. The Bertz CT molecular complexity index is 621. The van der Waals surface area contributed by atoms with Crippen LogP contribution in [0.3, 0.4) is 0 Å². The van der Waals surface area contributed by atoms with Crippen LogP contribution >= 0.6 is 15.9 Å². The first-order chi connectivity index (χ1) is 9.65. The van der Waals surface area contributed by atoms with E-state index in [1.165, 1.54) is 23.1 Å². The molecule has 0 saturated carbocycles. The molecule has 1 aliphatic carbocycles. The first-order valence-electron chi connectivity index (χ1n) is 7.12. The van der Waals surface area contributed by atoms with E-state index in [0.29, 0.717) is 10.7 Å². The van der Waals surface area contributed by atoms with Crippen LogP contribution in [-0.2, 0) is 12.8 Å². The highest BCUT2D eigenvalue weighted by Crippen LogP contribution is 2.42. The molecule has 0 aliphatic heterocycles. The third-order valence-corrected chi connectivity index (χ3v) is 5.58. The normalized spacial score (nSPS) is 21.6. The van der Waals surface area contributed by atoms with Crippen molar-refractivity contribution in [2.24, 2.45) is 5.92 Å². The second-order valence-corrected chi connectivity index (χ2v) is 6.66. The van der Waals surface area contributed by atoms with Crippen molar-refractivity contribution in [2.75, 3.05) is 0 Å². The van der Waals surface area contributed by atoms with Crippen molar-refractivity contribution >= 4 is 15.9 Å². The van der Waals surface area contributed by atoms with Gasteiger partial charge in [0.15, 0.2) is 0 Å². The van der Waals surface area contributed by atoms with Crippen LogP contribution in [0.25, 0.3) is 0 Å². The molecule has 0 saturated heterocycles. The summed E-state index contributed by atoms with van der Waals surface area (Å²) in [4.78, 5) is 0.400. The molecule has 3 rings (SSSR count). The summed E-state index contributed by atoms with van der Waals surface area (Å²) in [5.74, 6) is 0.435. The molecule has 2 heteroatoms. The lowest BCUT2D eigenvalue weighted by Gasteiger charge is -2.30. The van der Waals surface area contributed by atoms with Gasteiger partial charge >= 0.3 is 0 Å². The second-order valence-electron chi connectivity index (χ2n) is 5.67. The Morgan fingerprint density at radius 2 is 2.00 bits per heavy atom. The second kappa shape index (κ2) is 5.69. The zero-order chi connectivity index (χ0) is 14.1. The van der Waals surface area contributed by atoms with Crippen molar-refractivity contribution in [2.45, 2.75) is 31.0 Å². The molecule has 0 radical (unpaired) electrons. The Morgan fingerprint density at radius 3 is 2.80 bits per heavy atom. The summed E-state index contributed by atoms with van der Waals surface area (Å²) in [6.07, 6.45) is 3.34. The van der Waals surface area contributed by atoms with E-state index in [-0.39, 0.29) is 5.82 Å². The van der Waals surface area contributed by atoms with Crippen molar-refractivity contribution in [3.63, 3.8) is 0 Å². The van der Waals surface area contributed by atoms with Crippen LogP contribution in [0.4, 0.5) is 4.39 Å². The first-order valence-corrected chi connectivity index (χ1v) is 8.03. The lowest BCUT2D eigenvalue weighted by atomic mass is 9.80. The van der Waals surface area contributed by atoms with Crippen LogP contribution in [-0.4, -0.2) is 0 Å². The largest absolute Gasteiger partial charge is 0.207 e. The predicted molar refractivity (Wildman–Crippen MR) is 84.8 cm³/mol. The van der Waals surface area contributed by atoms with Gasteiger partial charge < -0.3 is 0 Å². The number of hydrogen-bond acceptors (Lipinski definition) is 0. The standard InChI is InChI=1S/C18H18BrF/c1-12-10-16(20)9-8-14(12)11-15-7-6-13-4-2-3-5-17(13)18(15)19/h2-5,8-10,15,18H,6-7,11H2,1H3. The molecule has 0 aromatic heterocycles. The molecule has 2 aromatic rings. The number of halogens is 2. The average Bonchev–Trinajstić information content (AvgIpc) is 2.45.